The van der Waals surface area contributed by atoms with E-state index in [-0.39, 0.29) is 11.3 Å². The maximum atomic E-state index is 12.3. The molecule has 1 aliphatic heterocycles. The van der Waals surface area contributed by atoms with Crippen LogP contribution < -0.4 is 0 Å². The van der Waals surface area contributed by atoms with E-state index in [4.69, 9.17) is 5.11 Å². The molecule has 0 radical (unpaired) electrons. The summed E-state index contributed by atoms with van der Waals surface area (Å²) in [6.07, 6.45) is 4.37. The summed E-state index contributed by atoms with van der Waals surface area (Å²) in [6, 6.07) is 0. The zero-order chi connectivity index (χ0) is 12.5. The number of carbonyl (C=O) groups excluding carboxylic acids is 1. The van der Waals surface area contributed by atoms with Crippen LogP contribution in [-0.2, 0) is 4.79 Å². The minimum atomic E-state index is -0.112. The van der Waals surface area contributed by atoms with Crippen LogP contribution in [0.4, 0.5) is 0 Å². The number of carbonyl (C=O) groups is 1. The maximum Gasteiger partial charge on any atom is 0.142 e. The Morgan fingerprint density at radius 1 is 1.41 bits per heavy atom. The molecule has 3 nitrogen and oxygen atoms in total. The fourth-order valence-corrected chi connectivity index (χ4v) is 3.31. The van der Waals surface area contributed by atoms with Gasteiger partial charge in [-0.2, -0.15) is 0 Å². The molecule has 0 aromatic carbocycles. The lowest BCUT2D eigenvalue weighted by Gasteiger charge is -2.35. The van der Waals surface area contributed by atoms with Crippen molar-refractivity contribution in [1.82, 2.24) is 4.90 Å². The molecule has 1 aliphatic carbocycles. The van der Waals surface area contributed by atoms with Crippen LogP contribution in [-0.4, -0.2) is 42.0 Å². The van der Waals surface area contributed by atoms with Gasteiger partial charge < -0.3 is 10.0 Å². The van der Waals surface area contributed by atoms with Crippen LogP contribution in [0.5, 0.6) is 0 Å². The maximum absolute atomic E-state index is 12.3. The van der Waals surface area contributed by atoms with Gasteiger partial charge in [-0.25, -0.2) is 0 Å². The van der Waals surface area contributed by atoms with E-state index in [9.17, 15) is 4.79 Å². The number of nitrogens with zero attached hydrogens (tertiary/aromatic N) is 1. The van der Waals surface area contributed by atoms with Crippen molar-refractivity contribution in [3.8, 4) is 0 Å². The molecule has 2 atom stereocenters. The Hall–Kier alpha value is -0.410. The fraction of sp³-hybridized carbons (Fsp3) is 0.929. The third-order valence-electron chi connectivity index (χ3n) is 4.50. The van der Waals surface area contributed by atoms with Crippen molar-refractivity contribution in [1.29, 1.82) is 0 Å². The Bertz CT molecular complexity index is 288. The van der Waals surface area contributed by atoms with Crippen LogP contribution in [0.3, 0.4) is 0 Å². The molecule has 98 valence electrons. The summed E-state index contributed by atoms with van der Waals surface area (Å²) in [5.74, 6) is 1.12. The van der Waals surface area contributed by atoms with Crippen molar-refractivity contribution < 1.29 is 9.90 Å². The largest absolute Gasteiger partial charge is 0.396 e. The molecule has 0 aromatic heterocycles. The summed E-state index contributed by atoms with van der Waals surface area (Å²) >= 11 is 0. The van der Waals surface area contributed by atoms with E-state index in [1.807, 2.05) is 0 Å². The van der Waals surface area contributed by atoms with E-state index in [0.717, 1.165) is 38.9 Å². The number of ketones is 1. The topological polar surface area (TPSA) is 40.5 Å². The number of hydrogen-bond acceptors (Lipinski definition) is 3. The molecule has 2 aliphatic rings. The zero-order valence-corrected chi connectivity index (χ0v) is 11.1. The monoisotopic (exact) mass is 239 g/mol. The fourth-order valence-electron chi connectivity index (χ4n) is 3.31. The van der Waals surface area contributed by atoms with Crippen LogP contribution >= 0.6 is 0 Å². The molecular weight excluding hydrogens is 214 g/mol. The van der Waals surface area contributed by atoms with Crippen LogP contribution in [0, 0.1) is 17.3 Å². The van der Waals surface area contributed by atoms with Crippen molar-refractivity contribution in [3.63, 3.8) is 0 Å². The quantitative estimate of drug-likeness (QED) is 0.815. The van der Waals surface area contributed by atoms with Gasteiger partial charge in [-0.15, -0.1) is 0 Å². The Morgan fingerprint density at radius 2 is 2.18 bits per heavy atom. The van der Waals surface area contributed by atoms with Crippen molar-refractivity contribution in [3.05, 3.63) is 0 Å². The summed E-state index contributed by atoms with van der Waals surface area (Å²) < 4.78 is 0. The number of hydrogen-bond donors (Lipinski definition) is 1. The van der Waals surface area contributed by atoms with Crippen molar-refractivity contribution in [2.24, 2.45) is 17.3 Å². The molecule has 3 heteroatoms. The van der Waals surface area contributed by atoms with Crippen molar-refractivity contribution >= 4 is 5.78 Å². The summed E-state index contributed by atoms with van der Waals surface area (Å²) in [6.45, 7) is 7.40. The smallest absolute Gasteiger partial charge is 0.142 e. The molecule has 1 saturated carbocycles. The molecule has 0 aromatic rings. The van der Waals surface area contributed by atoms with E-state index in [1.54, 1.807) is 0 Å². The summed E-state index contributed by atoms with van der Waals surface area (Å²) in [5, 5.41) is 9.13. The predicted molar refractivity (Wildman–Crippen MR) is 67.8 cm³/mol. The summed E-state index contributed by atoms with van der Waals surface area (Å²) in [4.78, 5) is 14.7. The lowest BCUT2D eigenvalue weighted by atomic mass is 9.71. The van der Waals surface area contributed by atoms with E-state index in [1.165, 1.54) is 6.42 Å². The molecule has 1 N–H and O–H groups in total. The van der Waals surface area contributed by atoms with E-state index in [0.29, 0.717) is 18.3 Å². The van der Waals surface area contributed by atoms with E-state index < -0.39 is 0 Å². The van der Waals surface area contributed by atoms with Crippen LogP contribution in [0.25, 0.3) is 0 Å². The van der Waals surface area contributed by atoms with Crippen molar-refractivity contribution in [2.45, 2.75) is 39.5 Å². The molecule has 1 heterocycles. The second-order valence-corrected chi connectivity index (χ2v) is 6.43. The number of likely N-dealkylation sites (tertiary alicyclic amines) is 1. The minimum absolute atomic E-state index is 0.112. The van der Waals surface area contributed by atoms with Gasteiger partial charge in [0.05, 0.1) is 0 Å². The van der Waals surface area contributed by atoms with Gasteiger partial charge in [0.25, 0.3) is 0 Å². The molecule has 17 heavy (non-hydrogen) atoms. The highest BCUT2D eigenvalue weighted by molar-refractivity contribution is 5.87. The molecule has 0 spiro atoms. The molecule has 2 rings (SSSR count). The van der Waals surface area contributed by atoms with Crippen LogP contribution in [0.2, 0.25) is 0 Å². The zero-order valence-electron chi connectivity index (χ0n) is 11.1. The molecule has 2 unspecified atom stereocenters. The Balaban J connectivity index is 1.89. The Kier molecular flexibility index (Phi) is 3.88. The molecule has 1 saturated heterocycles. The van der Waals surface area contributed by atoms with Gasteiger partial charge in [-0.3, -0.25) is 4.79 Å². The number of aliphatic hydroxyl groups excluding tert-OH is 1. The van der Waals surface area contributed by atoms with Gasteiger partial charge >= 0.3 is 0 Å². The number of aliphatic hydroxyl groups is 1. The second kappa shape index (κ2) is 5.07. The minimum Gasteiger partial charge on any atom is -0.396 e. The SMILES string of the molecule is CC1(C)CCCC(CN2CCC(CO)C2)C1=O. The van der Waals surface area contributed by atoms with Crippen LogP contribution in [0.15, 0.2) is 0 Å². The first kappa shape index (κ1) is 13.0. The van der Waals surface area contributed by atoms with Crippen LogP contribution in [0.1, 0.15) is 39.5 Å². The van der Waals surface area contributed by atoms with E-state index >= 15 is 0 Å². The third-order valence-corrected chi connectivity index (χ3v) is 4.50. The second-order valence-electron chi connectivity index (χ2n) is 6.43. The highest BCUT2D eigenvalue weighted by atomic mass is 16.3. The van der Waals surface area contributed by atoms with Gasteiger partial charge in [-0.05, 0) is 31.7 Å². The normalized spacial score (nSPS) is 34.2. The molecular formula is C14H25NO2. The standard InChI is InChI=1S/C14H25NO2/c1-14(2)6-3-4-12(13(14)17)9-15-7-5-11(8-15)10-16/h11-12,16H,3-10H2,1-2H3. The Labute approximate surface area is 104 Å². The van der Waals surface area contributed by atoms with Gasteiger partial charge in [0.1, 0.15) is 5.78 Å². The van der Waals surface area contributed by atoms with Crippen molar-refractivity contribution in [2.75, 3.05) is 26.2 Å². The number of rotatable bonds is 3. The highest BCUT2D eigenvalue weighted by Gasteiger charge is 2.38. The van der Waals surface area contributed by atoms with E-state index in [2.05, 4.69) is 18.7 Å². The molecule has 2 fully saturated rings. The van der Waals surface area contributed by atoms with Gasteiger partial charge in [-0.1, -0.05) is 20.3 Å². The average Bonchev–Trinajstić information content (AvgIpc) is 2.72. The number of Topliss-reactive ketones (excluding diaryl/α,β-unsaturated/α-hetero) is 1. The first-order valence-electron chi connectivity index (χ1n) is 6.90. The highest BCUT2D eigenvalue weighted by Crippen LogP contribution is 2.36. The van der Waals surface area contributed by atoms with Gasteiger partial charge in [0.15, 0.2) is 0 Å². The first-order valence-corrected chi connectivity index (χ1v) is 6.90. The Morgan fingerprint density at radius 3 is 2.82 bits per heavy atom. The third kappa shape index (κ3) is 2.89. The lowest BCUT2D eigenvalue weighted by Crippen LogP contribution is -2.41. The molecule has 0 amide bonds. The first-order chi connectivity index (χ1) is 8.03. The molecule has 0 bridgehead atoms. The average molecular weight is 239 g/mol. The lowest BCUT2D eigenvalue weighted by molar-refractivity contribution is -0.134. The summed E-state index contributed by atoms with van der Waals surface area (Å²) in [5.41, 5.74) is -0.112. The predicted octanol–water partition coefficient (Wildman–Crippen LogP) is 1.70. The summed E-state index contributed by atoms with van der Waals surface area (Å²) in [7, 11) is 0. The van der Waals surface area contributed by atoms with Gasteiger partial charge in [0, 0.05) is 31.0 Å². The van der Waals surface area contributed by atoms with Gasteiger partial charge in [0.2, 0.25) is 0 Å².